The Balaban J connectivity index is 0.00000192. The van der Waals surface area contributed by atoms with Crippen LogP contribution in [0.3, 0.4) is 0 Å². The van der Waals surface area contributed by atoms with Gasteiger partial charge in [0.25, 0.3) is 0 Å². The zero-order valence-electron chi connectivity index (χ0n) is 15.3. The molecule has 0 spiro atoms. The summed E-state index contributed by atoms with van der Waals surface area (Å²) in [7, 11) is 0. The van der Waals surface area contributed by atoms with E-state index in [0.717, 1.165) is 24.2 Å². The predicted octanol–water partition coefficient (Wildman–Crippen LogP) is 3.19. The molecule has 0 radical (unpaired) electrons. The maximum Gasteiger partial charge on any atom is 0.0930 e. The van der Waals surface area contributed by atoms with E-state index in [1.54, 1.807) is 0 Å². The van der Waals surface area contributed by atoms with Gasteiger partial charge in [0.05, 0.1) is 11.4 Å². The van der Waals surface area contributed by atoms with Gasteiger partial charge < -0.3 is 5.48 Å². The smallest absolute Gasteiger partial charge is 0.0930 e. The third-order valence-corrected chi connectivity index (χ3v) is 5.35. The summed E-state index contributed by atoms with van der Waals surface area (Å²) >= 11 is 0. The van der Waals surface area contributed by atoms with Gasteiger partial charge in [-0.25, -0.2) is 0 Å². The Morgan fingerprint density at radius 1 is 0.607 bits per heavy atom. The fourth-order valence-corrected chi connectivity index (χ4v) is 4.25. The summed E-state index contributed by atoms with van der Waals surface area (Å²) in [5, 5.41) is 0. The first kappa shape index (κ1) is 17.9. The molecular formula is C23H20N4O. The van der Waals surface area contributed by atoms with Gasteiger partial charge in [-0.3, -0.25) is 19.9 Å². The lowest BCUT2D eigenvalue weighted by Crippen LogP contribution is -2.31. The molecule has 5 heteroatoms. The van der Waals surface area contributed by atoms with Crippen LogP contribution in [-0.4, -0.2) is 25.4 Å². The second-order valence-corrected chi connectivity index (χ2v) is 6.95. The molecule has 5 rings (SSSR count). The van der Waals surface area contributed by atoms with Gasteiger partial charge in [-0.15, -0.1) is 0 Å². The molecule has 2 N–H and O–H groups in total. The minimum Gasteiger partial charge on any atom is -0.412 e. The van der Waals surface area contributed by atoms with Crippen molar-refractivity contribution in [3.8, 4) is 11.4 Å². The van der Waals surface area contributed by atoms with Crippen molar-refractivity contribution in [3.63, 3.8) is 0 Å². The van der Waals surface area contributed by atoms with Crippen molar-refractivity contribution < 1.29 is 5.48 Å². The van der Waals surface area contributed by atoms with Gasteiger partial charge in [0, 0.05) is 42.6 Å². The van der Waals surface area contributed by atoms with Gasteiger partial charge in [0.2, 0.25) is 0 Å². The molecule has 0 aromatic carbocycles. The number of hydrogen-bond donors (Lipinski definition) is 0. The van der Waals surface area contributed by atoms with Gasteiger partial charge >= 0.3 is 0 Å². The largest absolute Gasteiger partial charge is 0.412 e. The molecule has 4 aromatic heterocycles. The van der Waals surface area contributed by atoms with Crippen molar-refractivity contribution in [2.45, 2.75) is 18.3 Å². The lowest BCUT2D eigenvalue weighted by Gasteiger charge is -2.32. The van der Waals surface area contributed by atoms with Gasteiger partial charge in [0.15, 0.2) is 0 Å². The number of hydrogen-bond acceptors (Lipinski definition) is 4. The summed E-state index contributed by atoms with van der Waals surface area (Å²) in [6.45, 7) is 0. The molecule has 5 nitrogen and oxygen atoms in total. The molecule has 28 heavy (non-hydrogen) atoms. The zero-order chi connectivity index (χ0) is 18.1. The normalized spacial score (nSPS) is 13.3. The molecule has 0 saturated carbocycles. The van der Waals surface area contributed by atoms with E-state index in [0.29, 0.717) is 0 Å². The molecule has 0 amide bonds. The maximum atomic E-state index is 4.69. The molecule has 0 bridgehead atoms. The topological polar surface area (TPSA) is 83.1 Å². The summed E-state index contributed by atoms with van der Waals surface area (Å²) in [6, 6.07) is 16.8. The Hall–Kier alpha value is -3.44. The van der Waals surface area contributed by atoms with Crippen LogP contribution < -0.4 is 0 Å². The Kier molecular flexibility index (Phi) is 4.67. The van der Waals surface area contributed by atoms with Crippen molar-refractivity contribution in [2.24, 2.45) is 0 Å². The molecule has 138 valence electrons. The fraction of sp³-hybridized carbons (Fsp3) is 0.130. The molecule has 0 fully saturated rings. The highest BCUT2D eigenvalue weighted by Gasteiger charge is 2.44. The average molecular weight is 368 g/mol. The van der Waals surface area contributed by atoms with E-state index in [1.165, 1.54) is 22.3 Å². The third kappa shape index (κ3) is 2.86. The van der Waals surface area contributed by atoms with Crippen LogP contribution >= 0.6 is 0 Å². The van der Waals surface area contributed by atoms with Gasteiger partial charge in [0.1, 0.15) is 0 Å². The number of fused-ring (bicyclic) bond motifs is 3. The first-order chi connectivity index (χ1) is 13.4. The third-order valence-electron chi connectivity index (χ3n) is 5.35. The first-order valence-electron chi connectivity index (χ1n) is 9.06. The molecule has 4 heterocycles. The van der Waals surface area contributed by atoms with E-state index in [2.05, 4.69) is 50.3 Å². The minimum absolute atomic E-state index is 0. The number of aromatic nitrogens is 4. The van der Waals surface area contributed by atoms with Crippen molar-refractivity contribution in [1.29, 1.82) is 0 Å². The number of nitrogens with zero attached hydrogens (tertiary/aromatic N) is 4. The molecule has 4 aromatic rings. The average Bonchev–Trinajstić information content (AvgIpc) is 3.00. The molecule has 0 unspecified atom stereocenters. The molecular weight excluding hydrogens is 348 g/mol. The van der Waals surface area contributed by atoms with Crippen LogP contribution in [-0.2, 0) is 18.3 Å². The zero-order valence-corrected chi connectivity index (χ0v) is 15.3. The van der Waals surface area contributed by atoms with E-state index >= 15 is 0 Å². The lowest BCUT2D eigenvalue weighted by atomic mass is 9.70. The van der Waals surface area contributed by atoms with Crippen molar-refractivity contribution in [1.82, 2.24) is 19.9 Å². The quantitative estimate of drug-likeness (QED) is 0.554. The van der Waals surface area contributed by atoms with Crippen LogP contribution in [0.1, 0.15) is 22.3 Å². The van der Waals surface area contributed by atoms with Crippen LogP contribution in [0.5, 0.6) is 0 Å². The van der Waals surface area contributed by atoms with Crippen molar-refractivity contribution >= 4 is 0 Å². The summed E-state index contributed by atoms with van der Waals surface area (Å²) in [6.07, 6.45) is 12.9. The molecule has 0 saturated heterocycles. The van der Waals surface area contributed by atoms with E-state index in [1.807, 2.05) is 55.4 Å². The number of pyridine rings is 4. The Morgan fingerprint density at radius 2 is 1.21 bits per heavy atom. The minimum atomic E-state index is -0.225. The van der Waals surface area contributed by atoms with Crippen LogP contribution in [0.4, 0.5) is 0 Å². The number of rotatable bonds is 4. The Morgan fingerprint density at radius 3 is 1.82 bits per heavy atom. The Labute approximate surface area is 163 Å². The van der Waals surface area contributed by atoms with Crippen molar-refractivity contribution in [3.05, 3.63) is 108 Å². The van der Waals surface area contributed by atoms with Gasteiger partial charge in [-0.2, -0.15) is 0 Å². The van der Waals surface area contributed by atoms with Crippen LogP contribution in [0, 0.1) is 0 Å². The standard InChI is InChI=1S/C23H18N4.H2O/c1-4-18(16-25-9-1)15-23(14-17-7-12-24-13-8-17)19-5-2-10-26-21(19)22-20(23)6-3-11-27-22;/h1-13,16H,14-15H2;1H2. The van der Waals surface area contributed by atoms with Gasteiger partial charge in [-0.1, -0.05) is 18.2 Å². The van der Waals surface area contributed by atoms with Crippen LogP contribution in [0.25, 0.3) is 11.4 Å². The maximum absolute atomic E-state index is 4.69. The molecule has 0 aliphatic heterocycles. The summed E-state index contributed by atoms with van der Waals surface area (Å²) in [4.78, 5) is 17.9. The predicted molar refractivity (Wildman–Crippen MR) is 108 cm³/mol. The van der Waals surface area contributed by atoms with E-state index in [9.17, 15) is 0 Å². The summed E-state index contributed by atoms with van der Waals surface area (Å²) < 4.78 is 0. The van der Waals surface area contributed by atoms with E-state index in [4.69, 9.17) is 0 Å². The highest BCUT2D eigenvalue weighted by atomic mass is 16.0. The highest BCUT2D eigenvalue weighted by Crippen LogP contribution is 2.50. The molecule has 1 aliphatic rings. The monoisotopic (exact) mass is 368 g/mol. The first-order valence-corrected chi connectivity index (χ1v) is 9.06. The van der Waals surface area contributed by atoms with Gasteiger partial charge in [-0.05, 0) is 65.4 Å². The van der Waals surface area contributed by atoms with Crippen molar-refractivity contribution in [2.75, 3.05) is 0 Å². The Bertz CT molecular complexity index is 995. The van der Waals surface area contributed by atoms with Crippen LogP contribution in [0.15, 0.2) is 85.7 Å². The molecule has 1 aliphatic carbocycles. The summed E-state index contributed by atoms with van der Waals surface area (Å²) in [5.74, 6) is 0. The highest BCUT2D eigenvalue weighted by molar-refractivity contribution is 5.75. The second-order valence-electron chi connectivity index (χ2n) is 6.95. The van der Waals surface area contributed by atoms with Crippen LogP contribution in [0.2, 0.25) is 0 Å². The van der Waals surface area contributed by atoms with E-state index in [-0.39, 0.29) is 10.9 Å². The SMILES string of the molecule is O.c1cncc(CC2(Cc3ccncc3)c3cccnc3-c3ncccc32)c1. The van der Waals surface area contributed by atoms with E-state index < -0.39 is 0 Å². The lowest BCUT2D eigenvalue weighted by molar-refractivity contribution is 0.517. The fourth-order valence-electron chi connectivity index (χ4n) is 4.25. The molecule has 0 atom stereocenters. The summed E-state index contributed by atoms with van der Waals surface area (Å²) in [5.41, 5.74) is 6.69. The second kappa shape index (κ2) is 7.29.